The molecule has 148 valence electrons. The molecule has 1 atom stereocenters. The van der Waals surface area contributed by atoms with Crippen molar-refractivity contribution in [1.29, 1.82) is 0 Å². The molecule has 2 fully saturated rings. The highest BCUT2D eigenvalue weighted by Gasteiger charge is 2.30. The van der Waals surface area contributed by atoms with Gasteiger partial charge in [-0.25, -0.2) is 0 Å². The standard InChI is InChI=1S/C20H28N2O5/c1-14(27-13-15-4-5-15)19(23)21-8-10-22(11-9-21)20(24)17-7-6-16(25-2)12-18(17)26-3/h6-7,12,14-15H,4-5,8-11,13H2,1-3H3. The van der Waals surface area contributed by atoms with Crippen molar-refractivity contribution in [3.63, 3.8) is 0 Å². The topological polar surface area (TPSA) is 68.3 Å². The lowest BCUT2D eigenvalue weighted by atomic mass is 10.1. The molecule has 0 spiro atoms. The molecule has 27 heavy (non-hydrogen) atoms. The molecular weight excluding hydrogens is 348 g/mol. The summed E-state index contributed by atoms with van der Waals surface area (Å²) in [5.41, 5.74) is 0.499. The SMILES string of the molecule is COc1ccc(C(=O)N2CCN(C(=O)C(C)OCC3CC3)CC2)c(OC)c1. The molecule has 0 radical (unpaired) electrons. The van der Waals surface area contributed by atoms with Gasteiger partial charge in [-0.2, -0.15) is 0 Å². The summed E-state index contributed by atoms with van der Waals surface area (Å²) in [7, 11) is 3.10. The minimum Gasteiger partial charge on any atom is -0.497 e. The maximum Gasteiger partial charge on any atom is 0.257 e. The van der Waals surface area contributed by atoms with Crippen molar-refractivity contribution in [3.05, 3.63) is 23.8 Å². The molecule has 2 amide bonds. The van der Waals surface area contributed by atoms with Gasteiger partial charge in [-0.3, -0.25) is 9.59 Å². The molecule has 1 heterocycles. The molecule has 1 aromatic rings. The number of nitrogens with zero attached hydrogens (tertiary/aromatic N) is 2. The zero-order valence-corrected chi connectivity index (χ0v) is 16.3. The molecule has 1 saturated carbocycles. The van der Waals surface area contributed by atoms with E-state index in [4.69, 9.17) is 14.2 Å². The van der Waals surface area contributed by atoms with Crippen LogP contribution in [-0.2, 0) is 9.53 Å². The minimum absolute atomic E-state index is 0.00442. The molecular formula is C20H28N2O5. The summed E-state index contributed by atoms with van der Waals surface area (Å²) in [6.45, 7) is 4.50. The maximum absolute atomic E-state index is 12.9. The fraction of sp³-hybridized carbons (Fsp3) is 0.600. The Kier molecular flexibility index (Phi) is 6.21. The molecule has 3 rings (SSSR count). The summed E-state index contributed by atoms with van der Waals surface area (Å²) < 4.78 is 16.2. The largest absolute Gasteiger partial charge is 0.497 e. The van der Waals surface area contributed by atoms with Crippen LogP contribution in [0.2, 0.25) is 0 Å². The van der Waals surface area contributed by atoms with Crippen molar-refractivity contribution in [2.45, 2.75) is 25.9 Å². The molecule has 1 aromatic carbocycles. The van der Waals surface area contributed by atoms with E-state index in [0.29, 0.717) is 55.8 Å². The maximum atomic E-state index is 12.9. The van der Waals surface area contributed by atoms with Gasteiger partial charge in [-0.1, -0.05) is 0 Å². The van der Waals surface area contributed by atoms with Gasteiger partial charge in [0.2, 0.25) is 0 Å². The smallest absolute Gasteiger partial charge is 0.257 e. The summed E-state index contributed by atoms with van der Waals surface area (Å²) in [6.07, 6.45) is 1.99. The van der Waals surface area contributed by atoms with Crippen LogP contribution in [0.4, 0.5) is 0 Å². The van der Waals surface area contributed by atoms with Gasteiger partial charge in [-0.15, -0.1) is 0 Å². The number of hydrogen-bond donors (Lipinski definition) is 0. The molecule has 1 saturated heterocycles. The van der Waals surface area contributed by atoms with Gasteiger partial charge in [0.25, 0.3) is 11.8 Å². The van der Waals surface area contributed by atoms with Gasteiger partial charge in [0, 0.05) is 32.2 Å². The van der Waals surface area contributed by atoms with E-state index in [1.165, 1.54) is 20.0 Å². The van der Waals surface area contributed by atoms with E-state index in [1.54, 1.807) is 35.1 Å². The van der Waals surface area contributed by atoms with Crippen LogP contribution in [0.15, 0.2) is 18.2 Å². The van der Waals surface area contributed by atoms with Crippen LogP contribution in [0.5, 0.6) is 11.5 Å². The number of methoxy groups -OCH3 is 2. The number of rotatable bonds is 7. The summed E-state index contributed by atoms with van der Waals surface area (Å²) in [6, 6.07) is 5.16. The van der Waals surface area contributed by atoms with E-state index in [-0.39, 0.29) is 11.8 Å². The molecule has 0 N–H and O–H groups in total. The summed E-state index contributed by atoms with van der Waals surface area (Å²) in [4.78, 5) is 28.9. The Morgan fingerprint density at radius 2 is 1.74 bits per heavy atom. The Hall–Kier alpha value is -2.28. The predicted octanol–water partition coefficient (Wildman–Crippen LogP) is 1.80. The van der Waals surface area contributed by atoms with Crippen molar-refractivity contribution in [2.75, 3.05) is 47.0 Å². The van der Waals surface area contributed by atoms with Crippen LogP contribution in [0, 0.1) is 5.92 Å². The number of carbonyl (C=O) groups excluding carboxylic acids is 2. The first-order valence-corrected chi connectivity index (χ1v) is 9.45. The van der Waals surface area contributed by atoms with E-state index in [1.807, 2.05) is 6.92 Å². The first kappa shape index (κ1) is 19.5. The van der Waals surface area contributed by atoms with Crippen LogP contribution in [0.1, 0.15) is 30.1 Å². The monoisotopic (exact) mass is 376 g/mol. The number of amides is 2. The fourth-order valence-electron chi connectivity index (χ4n) is 3.17. The van der Waals surface area contributed by atoms with E-state index in [2.05, 4.69) is 0 Å². The Labute approximate surface area is 160 Å². The highest BCUT2D eigenvalue weighted by atomic mass is 16.5. The Morgan fingerprint density at radius 1 is 1.07 bits per heavy atom. The first-order chi connectivity index (χ1) is 13.0. The van der Waals surface area contributed by atoms with Crippen LogP contribution < -0.4 is 9.47 Å². The van der Waals surface area contributed by atoms with Crippen molar-refractivity contribution >= 4 is 11.8 Å². The van der Waals surface area contributed by atoms with Crippen molar-refractivity contribution in [1.82, 2.24) is 9.80 Å². The van der Waals surface area contributed by atoms with Crippen LogP contribution in [0.25, 0.3) is 0 Å². The number of benzene rings is 1. The highest BCUT2D eigenvalue weighted by molar-refractivity contribution is 5.97. The molecule has 1 aliphatic heterocycles. The number of piperazine rings is 1. The summed E-state index contributed by atoms with van der Waals surface area (Å²) >= 11 is 0. The Bertz CT molecular complexity index is 681. The fourth-order valence-corrected chi connectivity index (χ4v) is 3.17. The third kappa shape index (κ3) is 4.71. The second-order valence-electron chi connectivity index (χ2n) is 7.10. The van der Waals surface area contributed by atoms with Gasteiger partial charge < -0.3 is 24.0 Å². The van der Waals surface area contributed by atoms with Crippen molar-refractivity contribution < 1.29 is 23.8 Å². The van der Waals surface area contributed by atoms with Crippen LogP contribution in [0.3, 0.4) is 0 Å². The van der Waals surface area contributed by atoms with Gasteiger partial charge in [0.1, 0.15) is 17.6 Å². The minimum atomic E-state index is -0.422. The number of ether oxygens (including phenoxy) is 3. The lowest BCUT2D eigenvalue weighted by molar-refractivity contribution is -0.144. The molecule has 7 heteroatoms. The Morgan fingerprint density at radius 3 is 2.33 bits per heavy atom. The molecule has 1 unspecified atom stereocenters. The van der Waals surface area contributed by atoms with Gasteiger partial charge in [-0.05, 0) is 37.8 Å². The van der Waals surface area contributed by atoms with Gasteiger partial charge in [0.05, 0.1) is 26.4 Å². The lowest BCUT2D eigenvalue weighted by Crippen LogP contribution is -2.52. The third-order valence-electron chi connectivity index (χ3n) is 5.14. The molecule has 7 nitrogen and oxygen atoms in total. The third-order valence-corrected chi connectivity index (χ3v) is 5.14. The molecule has 1 aliphatic carbocycles. The molecule has 2 aliphatic rings. The van der Waals surface area contributed by atoms with Gasteiger partial charge >= 0.3 is 0 Å². The van der Waals surface area contributed by atoms with Crippen molar-refractivity contribution in [2.24, 2.45) is 5.92 Å². The van der Waals surface area contributed by atoms with Crippen LogP contribution >= 0.6 is 0 Å². The summed E-state index contributed by atoms with van der Waals surface area (Å²) in [5.74, 6) is 1.66. The Balaban J connectivity index is 1.55. The normalized spacial score (nSPS) is 18.2. The molecule has 0 aromatic heterocycles. The average Bonchev–Trinajstić information content (AvgIpc) is 3.55. The second-order valence-corrected chi connectivity index (χ2v) is 7.10. The quantitative estimate of drug-likeness (QED) is 0.726. The highest BCUT2D eigenvalue weighted by Crippen LogP contribution is 2.29. The van der Waals surface area contributed by atoms with E-state index in [9.17, 15) is 9.59 Å². The number of carbonyl (C=O) groups is 2. The van der Waals surface area contributed by atoms with Gasteiger partial charge in [0.15, 0.2) is 0 Å². The lowest BCUT2D eigenvalue weighted by Gasteiger charge is -2.36. The first-order valence-electron chi connectivity index (χ1n) is 9.45. The average molecular weight is 376 g/mol. The van der Waals surface area contributed by atoms with Crippen LogP contribution in [-0.4, -0.2) is 74.7 Å². The summed E-state index contributed by atoms with van der Waals surface area (Å²) in [5, 5.41) is 0. The second kappa shape index (κ2) is 8.61. The zero-order chi connectivity index (χ0) is 19.4. The zero-order valence-electron chi connectivity index (χ0n) is 16.3. The van der Waals surface area contributed by atoms with E-state index in [0.717, 1.165) is 0 Å². The van der Waals surface area contributed by atoms with E-state index < -0.39 is 6.10 Å². The number of hydrogen-bond acceptors (Lipinski definition) is 5. The van der Waals surface area contributed by atoms with E-state index >= 15 is 0 Å². The van der Waals surface area contributed by atoms with Crippen molar-refractivity contribution in [3.8, 4) is 11.5 Å². The molecule has 0 bridgehead atoms. The predicted molar refractivity (Wildman–Crippen MR) is 100 cm³/mol.